The molecule has 0 heterocycles. The Morgan fingerprint density at radius 2 is 1.81 bits per heavy atom. The third-order valence-electron chi connectivity index (χ3n) is 4.01. The molecule has 1 N–H and O–H groups in total. The van der Waals surface area contributed by atoms with Crippen LogP contribution < -0.4 is 4.74 Å². The molecule has 0 amide bonds. The molecule has 1 atom stereocenters. The summed E-state index contributed by atoms with van der Waals surface area (Å²) in [4.78, 5) is 22.6. The van der Waals surface area contributed by atoms with Crippen LogP contribution in [0, 0.1) is 17.0 Å². The number of hydrogen-bond donors (Lipinski definition) is 1. The van der Waals surface area contributed by atoms with Crippen LogP contribution in [0.5, 0.6) is 5.75 Å². The van der Waals surface area contributed by atoms with E-state index >= 15 is 0 Å². The van der Waals surface area contributed by atoms with Gasteiger partial charge in [0.2, 0.25) is 0 Å². The lowest BCUT2D eigenvalue weighted by atomic mass is 10.00. The van der Waals surface area contributed by atoms with Crippen LogP contribution in [0.25, 0.3) is 0 Å². The molecule has 2 aromatic rings. The highest BCUT2D eigenvalue weighted by Gasteiger charge is 2.22. The Hall–Kier alpha value is -2.99. The minimum Gasteiger partial charge on any atom is -0.423 e. The smallest absolute Gasteiger partial charge is 0.341 e. The quantitative estimate of drug-likeness (QED) is 0.275. The Morgan fingerprint density at radius 1 is 1.19 bits per heavy atom. The van der Waals surface area contributed by atoms with Gasteiger partial charge in [0.25, 0.3) is 5.69 Å². The van der Waals surface area contributed by atoms with Crippen LogP contribution >= 0.6 is 0 Å². The van der Waals surface area contributed by atoms with E-state index in [0.29, 0.717) is 11.3 Å². The first-order chi connectivity index (χ1) is 12.2. The summed E-state index contributed by atoms with van der Waals surface area (Å²) in [6.07, 6.45) is -1.31. The lowest BCUT2D eigenvalue weighted by Crippen LogP contribution is -2.17. The maximum atomic E-state index is 12.4. The van der Waals surface area contributed by atoms with Crippen molar-refractivity contribution in [3.63, 3.8) is 0 Å². The lowest BCUT2D eigenvalue weighted by molar-refractivity contribution is -0.384. The van der Waals surface area contributed by atoms with Crippen molar-refractivity contribution in [2.75, 3.05) is 0 Å². The van der Waals surface area contributed by atoms with Crippen molar-refractivity contribution >= 4 is 11.7 Å². The molecule has 6 heteroatoms. The van der Waals surface area contributed by atoms with Gasteiger partial charge in [0.1, 0.15) is 11.9 Å². The number of carbonyl (C=O) groups is 1. The van der Waals surface area contributed by atoms with Gasteiger partial charge in [-0.15, -0.1) is 0 Å². The van der Waals surface area contributed by atoms with Gasteiger partial charge in [-0.3, -0.25) is 10.1 Å². The van der Waals surface area contributed by atoms with Gasteiger partial charge in [-0.25, -0.2) is 4.79 Å². The van der Waals surface area contributed by atoms with E-state index in [1.54, 1.807) is 6.07 Å². The Kier molecular flexibility index (Phi) is 5.90. The van der Waals surface area contributed by atoms with Gasteiger partial charge in [-0.1, -0.05) is 32.6 Å². The minimum atomic E-state index is -1.31. The number of aliphatic hydroxyl groups is 1. The standard InChI is InChI=1S/C20H21NO5/c1-12(2)17-10-5-13(3)11-18(17)26-20(23)14(4)19(22)15-6-8-16(9-7-15)21(24)25/h5-12,19,22H,4H2,1-3H3. The number of aliphatic hydroxyl groups excluding tert-OH is 1. The molecule has 136 valence electrons. The predicted octanol–water partition coefficient (Wildman–Crippen LogP) is 4.22. The molecule has 0 aliphatic rings. The second kappa shape index (κ2) is 7.93. The van der Waals surface area contributed by atoms with E-state index < -0.39 is 17.0 Å². The molecule has 0 aromatic heterocycles. The molecule has 1 unspecified atom stereocenters. The van der Waals surface area contributed by atoms with E-state index in [0.717, 1.165) is 11.1 Å². The minimum absolute atomic E-state index is 0.101. The number of carbonyl (C=O) groups excluding carboxylic acids is 1. The molecule has 0 saturated carbocycles. The van der Waals surface area contributed by atoms with Crippen LogP contribution in [0.2, 0.25) is 0 Å². The van der Waals surface area contributed by atoms with Gasteiger partial charge in [0, 0.05) is 12.1 Å². The zero-order valence-corrected chi connectivity index (χ0v) is 14.9. The van der Waals surface area contributed by atoms with E-state index in [4.69, 9.17) is 4.74 Å². The molecule has 26 heavy (non-hydrogen) atoms. The summed E-state index contributed by atoms with van der Waals surface area (Å²) in [6, 6.07) is 10.9. The van der Waals surface area contributed by atoms with Gasteiger partial charge >= 0.3 is 5.97 Å². The third-order valence-corrected chi connectivity index (χ3v) is 4.01. The van der Waals surface area contributed by atoms with Crippen LogP contribution in [0.15, 0.2) is 54.6 Å². The Labute approximate surface area is 151 Å². The van der Waals surface area contributed by atoms with Crippen molar-refractivity contribution in [3.8, 4) is 5.75 Å². The number of aryl methyl sites for hydroxylation is 1. The predicted molar refractivity (Wildman–Crippen MR) is 98.1 cm³/mol. The number of nitro groups is 1. The fraction of sp³-hybridized carbons (Fsp3) is 0.250. The number of rotatable bonds is 6. The number of esters is 1. The fourth-order valence-corrected chi connectivity index (χ4v) is 2.46. The number of nitrogens with zero attached hydrogens (tertiary/aromatic N) is 1. The molecule has 2 rings (SSSR count). The number of non-ortho nitro benzene ring substituents is 1. The van der Waals surface area contributed by atoms with Crippen molar-refractivity contribution in [1.82, 2.24) is 0 Å². The second-order valence-corrected chi connectivity index (χ2v) is 6.36. The molecule has 0 aliphatic carbocycles. The highest BCUT2D eigenvalue weighted by Crippen LogP contribution is 2.30. The first-order valence-electron chi connectivity index (χ1n) is 8.14. The summed E-state index contributed by atoms with van der Waals surface area (Å²) >= 11 is 0. The van der Waals surface area contributed by atoms with E-state index in [-0.39, 0.29) is 17.2 Å². The van der Waals surface area contributed by atoms with Gasteiger partial charge in [-0.2, -0.15) is 0 Å². The van der Waals surface area contributed by atoms with Gasteiger partial charge in [0.15, 0.2) is 0 Å². The molecular weight excluding hydrogens is 334 g/mol. The molecule has 0 spiro atoms. The van der Waals surface area contributed by atoms with Crippen LogP contribution in [0.4, 0.5) is 5.69 Å². The zero-order chi connectivity index (χ0) is 19.4. The Balaban J connectivity index is 2.18. The van der Waals surface area contributed by atoms with Crippen molar-refractivity contribution in [1.29, 1.82) is 0 Å². The van der Waals surface area contributed by atoms with E-state index in [9.17, 15) is 20.0 Å². The molecule has 0 saturated heterocycles. The molecule has 0 fully saturated rings. The highest BCUT2D eigenvalue weighted by molar-refractivity contribution is 5.91. The number of nitro benzene ring substituents is 1. The van der Waals surface area contributed by atoms with E-state index in [1.165, 1.54) is 24.3 Å². The maximum Gasteiger partial charge on any atom is 0.341 e. The van der Waals surface area contributed by atoms with Gasteiger partial charge < -0.3 is 9.84 Å². The zero-order valence-electron chi connectivity index (χ0n) is 14.9. The molecule has 6 nitrogen and oxygen atoms in total. The summed E-state index contributed by atoms with van der Waals surface area (Å²) in [5.74, 6) is -0.156. The molecule has 0 aliphatic heterocycles. The lowest BCUT2D eigenvalue weighted by Gasteiger charge is -2.16. The number of hydrogen-bond acceptors (Lipinski definition) is 5. The van der Waals surface area contributed by atoms with Crippen LogP contribution in [-0.4, -0.2) is 16.0 Å². The first kappa shape index (κ1) is 19.3. The van der Waals surface area contributed by atoms with Crippen molar-refractivity contribution in [2.45, 2.75) is 32.8 Å². The molecule has 0 bridgehead atoms. The summed E-state index contributed by atoms with van der Waals surface area (Å²) in [5, 5.41) is 21.0. The monoisotopic (exact) mass is 355 g/mol. The van der Waals surface area contributed by atoms with Gasteiger partial charge in [-0.05, 0) is 47.7 Å². The van der Waals surface area contributed by atoms with Crippen LogP contribution in [0.1, 0.15) is 42.6 Å². The van der Waals surface area contributed by atoms with E-state index in [1.807, 2.05) is 32.9 Å². The summed E-state index contributed by atoms with van der Waals surface area (Å²) < 4.78 is 5.45. The topological polar surface area (TPSA) is 89.7 Å². The highest BCUT2D eigenvalue weighted by atomic mass is 16.6. The molecular formula is C20H21NO5. The number of benzene rings is 2. The summed E-state index contributed by atoms with van der Waals surface area (Å²) in [7, 11) is 0. The SMILES string of the molecule is C=C(C(=O)Oc1cc(C)ccc1C(C)C)C(O)c1ccc([N+](=O)[O-])cc1. The van der Waals surface area contributed by atoms with Crippen molar-refractivity contribution in [3.05, 3.63) is 81.4 Å². The van der Waals surface area contributed by atoms with Gasteiger partial charge in [0.05, 0.1) is 10.5 Å². The number of ether oxygens (including phenoxy) is 1. The second-order valence-electron chi connectivity index (χ2n) is 6.36. The Bertz CT molecular complexity index is 840. The van der Waals surface area contributed by atoms with Crippen LogP contribution in [-0.2, 0) is 4.79 Å². The Morgan fingerprint density at radius 3 is 2.35 bits per heavy atom. The normalized spacial score (nSPS) is 11.9. The van der Waals surface area contributed by atoms with E-state index in [2.05, 4.69) is 6.58 Å². The average Bonchev–Trinajstić information content (AvgIpc) is 2.60. The molecule has 0 radical (unpaired) electrons. The summed E-state index contributed by atoms with van der Waals surface area (Å²) in [6.45, 7) is 9.49. The van der Waals surface area contributed by atoms with Crippen molar-refractivity contribution < 1.29 is 19.6 Å². The maximum absolute atomic E-state index is 12.4. The largest absolute Gasteiger partial charge is 0.423 e. The first-order valence-corrected chi connectivity index (χ1v) is 8.14. The average molecular weight is 355 g/mol. The van der Waals surface area contributed by atoms with Crippen LogP contribution in [0.3, 0.4) is 0 Å². The fourth-order valence-electron chi connectivity index (χ4n) is 2.46. The summed E-state index contributed by atoms with van der Waals surface area (Å²) in [5.41, 5.74) is 1.90. The van der Waals surface area contributed by atoms with Crippen molar-refractivity contribution in [2.24, 2.45) is 0 Å². The third kappa shape index (κ3) is 4.34. The molecule has 2 aromatic carbocycles.